The van der Waals surface area contributed by atoms with Gasteiger partial charge in [-0.05, 0) is 44.0 Å². The highest BCUT2D eigenvalue weighted by Gasteiger charge is 2.34. The van der Waals surface area contributed by atoms with Crippen molar-refractivity contribution in [2.24, 2.45) is 0 Å². The summed E-state index contributed by atoms with van der Waals surface area (Å²) in [5.74, 6) is 0.0313. The molecule has 2 rings (SSSR count). The maximum absolute atomic E-state index is 12.8. The highest BCUT2D eigenvalue weighted by atomic mass is 16.5. The van der Waals surface area contributed by atoms with Gasteiger partial charge in [-0.25, -0.2) is 4.79 Å². The summed E-state index contributed by atoms with van der Waals surface area (Å²) in [6.45, 7) is 5.77. The molecule has 5 nitrogen and oxygen atoms in total. The molecule has 1 aromatic carbocycles. The van der Waals surface area contributed by atoms with E-state index < -0.39 is 12.0 Å². The fourth-order valence-corrected chi connectivity index (χ4v) is 2.63. The van der Waals surface area contributed by atoms with E-state index in [1.54, 1.807) is 19.4 Å². The smallest absolute Gasteiger partial charge is 0.329 e. The second-order valence-electron chi connectivity index (χ2n) is 5.55. The van der Waals surface area contributed by atoms with Crippen molar-refractivity contribution in [3.63, 3.8) is 0 Å². The monoisotopic (exact) mass is 303 g/mol. The van der Waals surface area contributed by atoms with E-state index in [0.29, 0.717) is 17.7 Å². The SMILES string of the molecule is COC(=O)[C@@H]1CC(C)=CN1C(=O)c1cc(C)c(C)c(OC)c1. The lowest BCUT2D eigenvalue weighted by Gasteiger charge is -2.22. The van der Waals surface area contributed by atoms with Crippen LogP contribution in [0.25, 0.3) is 0 Å². The Morgan fingerprint density at radius 1 is 1.18 bits per heavy atom. The van der Waals surface area contributed by atoms with E-state index in [0.717, 1.165) is 16.7 Å². The van der Waals surface area contributed by atoms with Crippen molar-refractivity contribution in [3.8, 4) is 5.75 Å². The Morgan fingerprint density at radius 3 is 2.45 bits per heavy atom. The molecule has 118 valence electrons. The van der Waals surface area contributed by atoms with Crippen molar-refractivity contribution < 1.29 is 19.1 Å². The van der Waals surface area contributed by atoms with Gasteiger partial charge in [-0.3, -0.25) is 4.79 Å². The first kappa shape index (κ1) is 16.1. The summed E-state index contributed by atoms with van der Waals surface area (Å²) in [6, 6.07) is 2.93. The lowest BCUT2D eigenvalue weighted by Crippen LogP contribution is -2.39. The molecule has 22 heavy (non-hydrogen) atoms. The van der Waals surface area contributed by atoms with Gasteiger partial charge in [-0.1, -0.05) is 5.57 Å². The Kier molecular flexibility index (Phi) is 4.54. The zero-order chi connectivity index (χ0) is 16.4. The van der Waals surface area contributed by atoms with Crippen LogP contribution in [-0.2, 0) is 9.53 Å². The molecule has 0 aliphatic carbocycles. The number of nitrogens with zero attached hydrogens (tertiary/aromatic N) is 1. The van der Waals surface area contributed by atoms with Crippen molar-refractivity contribution in [1.82, 2.24) is 4.90 Å². The quantitative estimate of drug-likeness (QED) is 0.805. The minimum absolute atomic E-state index is 0.228. The predicted molar refractivity (Wildman–Crippen MR) is 82.8 cm³/mol. The molecule has 0 saturated carbocycles. The van der Waals surface area contributed by atoms with Crippen LogP contribution in [0, 0.1) is 13.8 Å². The van der Waals surface area contributed by atoms with Crippen LogP contribution in [0.1, 0.15) is 34.8 Å². The highest BCUT2D eigenvalue weighted by molar-refractivity contribution is 5.98. The predicted octanol–water partition coefficient (Wildman–Crippen LogP) is 2.60. The van der Waals surface area contributed by atoms with Crippen molar-refractivity contribution in [1.29, 1.82) is 0 Å². The van der Waals surface area contributed by atoms with Crippen LogP contribution in [0.4, 0.5) is 0 Å². The summed E-state index contributed by atoms with van der Waals surface area (Å²) in [4.78, 5) is 26.1. The van der Waals surface area contributed by atoms with Crippen molar-refractivity contribution >= 4 is 11.9 Å². The molecule has 1 aliphatic heterocycles. The van der Waals surface area contributed by atoms with Gasteiger partial charge >= 0.3 is 5.97 Å². The maximum Gasteiger partial charge on any atom is 0.329 e. The highest BCUT2D eigenvalue weighted by Crippen LogP contribution is 2.28. The fraction of sp³-hybridized carbons (Fsp3) is 0.412. The molecule has 1 aliphatic rings. The molecular formula is C17H21NO4. The van der Waals surface area contributed by atoms with Gasteiger partial charge in [0.15, 0.2) is 0 Å². The van der Waals surface area contributed by atoms with Crippen LogP contribution in [0.2, 0.25) is 0 Å². The van der Waals surface area contributed by atoms with Crippen molar-refractivity contribution in [2.75, 3.05) is 14.2 Å². The number of hydrogen-bond donors (Lipinski definition) is 0. The van der Waals surface area contributed by atoms with E-state index in [1.807, 2.05) is 26.8 Å². The first-order chi connectivity index (χ1) is 10.4. The number of esters is 1. The van der Waals surface area contributed by atoms with Gasteiger partial charge in [0.25, 0.3) is 5.91 Å². The molecule has 0 radical (unpaired) electrons. The van der Waals surface area contributed by atoms with E-state index in [9.17, 15) is 9.59 Å². The maximum atomic E-state index is 12.8. The zero-order valence-corrected chi connectivity index (χ0v) is 13.6. The molecule has 1 atom stereocenters. The largest absolute Gasteiger partial charge is 0.496 e. The summed E-state index contributed by atoms with van der Waals surface area (Å²) in [5, 5.41) is 0. The molecule has 0 N–H and O–H groups in total. The average Bonchev–Trinajstić information content (AvgIpc) is 2.90. The summed E-state index contributed by atoms with van der Waals surface area (Å²) in [6.07, 6.45) is 2.21. The topological polar surface area (TPSA) is 55.8 Å². The summed E-state index contributed by atoms with van der Waals surface area (Å²) in [5.41, 5.74) is 3.44. The average molecular weight is 303 g/mol. The number of amides is 1. The molecule has 1 aromatic rings. The summed E-state index contributed by atoms with van der Waals surface area (Å²) >= 11 is 0. The number of carbonyl (C=O) groups excluding carboxylic acids is 2. The summed E-state index contributed by atoms with van der Waals surface area (Å²) < 4.78 is 10.1. The van der Waals surface area contributed by atoms with Crippen LogP contribution in [0.3, 0.4) is 0 Å². The van der Waals surface area contributed by atoms with Gasteiger partial charge in [-0.2, -0.15) is 0 Å². The van der Waals surface area contributed by atoms with Crippen LogP contribution >= 0.6 is 0 Å². The minimum atomic E-state index is -0.592. The first-order valence-electron chi connectivity index (χ1n) is 7.12. The number of carbonyl (C=O) groups is 2. The molecule has 1 amide bonds. The second kappa shape index (κ2) is 6.22. The Hall–Kier alpha value is -2.30. The number of hydrogen-bond acceptors (Lipinski definition) is 4. The van der Waals surface area contributed by atoms with Gasteiger partial charge in [0.05, 0.1) is 14.2 Å². The third kappa shape index (κ3) is 2.84. The molecule has 5 heteroatoms. The van der Waals surface area contributed by atoms with E-state index in [-0.39, 0.29) is 5.91 Å². The molecule has 0 spiro atoms. The van der Waals surface area contributed by atoms with Crippen molar-refractivity contribution in [3.05, 3.63) is 40.6 Å². The van der Waals surface area contributed by atoms with E-state index in [2.05, 4.69) is 0 Å². The number of methoxy groups -OCH3 is 2. The van der Waals surface area contributed by atoms with Crippen molar-refractivity contribution in [2.45, 2.75) is 33.2 Å². The van der Waals surface area contributed by atoms with Crippen LogP contribution < -0.4 is 4.74 Å². The van der Waals surface area contributed by atoms with Gasteiger partial charge < -0.3 is 14.4 Å². The number of rotatable bonds is 3. The van der Waals surface area contributed by atoms with E-state index in [4.69, 9.17) is 9.47 Å². The number of aryl methyl sites for hydroxylation is 1. The normalized spacial score (nSPS) is 17.2. The Bertz CT molecular complexity index is 648. The van der Waals surface area contributed by atoms with Gasteiger partial charge in [-0.15, -0.1) is 0 Å². The second-order valence-corrected chi connectivity index (χ2v) is 5.55. The Balaban J connectivity index is 2.38. The molecular weight excluding hydrogens is 282 g/mol. The lowest BCUT2D eigenvalue weighted by atomic mass is 10.0. The first-order valence-corrected chi connectivity index (χ1v) is 7.12. The van der Waals surface area contributed by atoms with Gasteiger partial charge in [0, 0.05) is 18.2 Å². The fourth-order valence-electron chi connectivity index (χ4n) is 2.63. The van der Waals surface area contributed by atoms with Gasteiger partial charge in [0.1, 0.15) is 11.8 Å². The third-order valence-corrected chi connectivity index (χ3v) is 4.00. The molecule has 0 bridgehead atoms. The molecule has 0 fully saturated rings. The molecule has 1 heterocycles. The number of ether oxygens (including phenoxy) is 2. The molecule has 0 unspecified atom stereocenters. The van der Waals surface area contributed by atoms with E-state index in [1.165, 1.54) is 12.0 Å². The van der Waals surface area contributed by atoms with Crippen LogP contribution in [0.5, 0.6) is 5.75 Å². The zero-order valence-electron chi connectivity index (χ0n) is 13.6. The standard InChI is InChI=1S/C17H21NO4/c1-10-6-14(17(20)22-5)18(9-10)16(19)13-7-11(2)12(3)15(8-13)21-4/h7-9,14H,6H2,1-5H3/t14-/m0/s1. The van der Waals surface area contributed by atoms with E-state index >= 15 is 0 Å². The van der Waals surface area contributed by atoms with Crippen LogP contribution in [-0.4, -0.2) is 37.0 Å². The lowest BCUT2D eigenvalue weighted by molar-refractivity contribution is -0.144. The Labute approximate surface area is 130 Å². The molecule has 0 saturated heterocycles. The third-order valence-electron chi connectivity index (χ3n) is 4.00. The Morgan fingerprint density at radius 2 is 1.86 bits per heavy atom. The summed E-state index contributed by atoms with van der Waals surface area (Å²) in [7, 11) is 2.91. The molecule has 0 aromatic heterocycles. The minimum Gasteiger partial charge on any atom is -0.496 e. The van der Waals surface area contributed by atoms with Gasteiger partial charge in [0.2, 0.25) is 0 Å². The van der Waals surface area contributed by atoms with Crippen LogP contribution in [0.15, 0.2) is 23.9 Å². The number of benzene rings is 1.